The molecule has 0 N–H and O–H groups in total. The van der Waals surface area contributed by atoms with Crippen molar-refractivity contribution in [2.75, 3.05) is 0 Å². The smallest absolute Gasteiger partial charge is 0.262 e. The van der Waals surface area contributed by atoms with E-state index >= 15 is 0 Å². The second-order valence-corrected chi connectivity index (χ2v) is 12.1. The van der Waals surface area contributed by atoms with E-state index in [2.05, 4.69) is 0 Å². The summed E-state index contributed by atoms with van der Waals surface area (Å²) in [5, 5.41) is 0. The Morgan fingerprint density at radius 2 is 1.06 bits per heavy atom. The molecule has 7 nitrogen and oxygen atoms in total. The number of carbonyl (C=O) groups is 2. The van der Waals surface area contributed by atoms with Crippen molar-refractivity contribution in [3.05, 3.63) is 191 Å². The lowest BCUT2D eigenvalue weighted by molar-refractivity contribution is -0.130. The molecule has 0 saturated carbocycles. The van der Waals surface area contributed by atoms with Crippen molar-refractivity contribution in [2.24, 2.45) is 0 Å². The minimum absolute atomic E-state index is 0.0127. The number of Topliss-reactive ketones (excluding diaryl/α,β-unsaturated/α-hetero) is 1. The number of rotatable bonds is 13. The van der Waals surface area contributed by atoms with Crippen molar-refractivity contribution >= 4 is 11.6 Å². The normalized spacial score (nSPS) is 17.0. The average Bonchev–Trinajstić information content (AvgIpc) is 3.17. The first-order valence-corrected chi connectivity index (χ1v) is 16.6. The first kappa shape index (κ1) is 32.6. The number of ketones is 2. The Balaban J connectivity index is 1.18. The van der Waals surface area contributed by atoms with Crippen molar-refractivity contribution in [1.82, 2.24) is 0 Å². The van der Waals surface area contributed by atoms with E-state index in [-0.39, 0.29) is 35.9 Å². The van der Waals surface area contributed by atoms with Crippen molar-refractivity contribution in [3.63, 3.8) is 0 Å². The van der Waals surface area contributed by atoms with Gasteiger partial charge in [0.25, 0.3) is 5.78 Å². The molecule has 5 aromatic rings. The van der Waals surface area contributed by atoms with Gasteiger partial charge in [0, 0.05) is 18.1 Å². The predicted octanol–water partition coefficient (Wildman–Crippen LogP) is 8.40. The summed E-state index contributed by atoms with van der Waals surface area (Å²) in [4.78, 5) is 27.2. The van der Waals surface area contributed by atoms with Gasteiger partial charge in [-0.15, -0.1) is 0 Å². The van der Waals surface area contributed by atoms with Gasteiger partial charge in [0.2, 0.25) is 0 Å². The van der Waals surface area contributed by atoms with E-state index in [0.29, 0.717) is 36.9 Å². The summed E-state index contributed by atoms with van der Waals surface area (Å²) < 4.78 is 31.4. The standard InChI is InChI=1S/C43H36O7/c44-36-25-39(48-28-32-17-9-3-10-18-32)41(45)43-35(36)24-40(49-29-33-19-11-4-12-20-33)42(50-43)34-21-22-37(46-26-30-13-5-1-6-14-30)38(23-34)47-27-31-15-7-2-8-16-31/h1-23,25,40,42H,24,26-29H2/t40-,42?/m0/s1. The van der Waals surface area contributed by atoms with E-state index in [1.165, 1.54) is 6.08 Å². The van der Waals surface area contributed by atoms with Gasteiger partial charge in [-0.2, -0.15) is 0 Å². The maximum Gasteiger partial charge on any atom is 0.262 e. The zero-order chi connectivity index (χ0) is 34.1. The molecular weight excluding hydrogens is 628 g/mol. The van der Waals surface area contributed by atoms with E-state index in [1.54, 1.807) is 0 Å². The Labute approximate surface area is 291 Å². The Morgan fingerprint density at radius 1 is 0.560 bits per heavy atom. The van der Waals surface area contributed by atoms with Crippen LogP contribution in [0.2, 0.25) is 0 Å². The highest BCUT2D eigenvalue weighted by Gasteiger charge is 2.42. The fourth-order valence-corrected chi connectivity index (χ4v) is 5.91. The summed E-state index contributed by atoms with van der Waals surface area (Å²) in [6, 6.07) is 44.7. The van der Waals surface area contributed by atoms with Gasteiger partial charge in [0.05, 0.1) is 6.61 Å². The number of benzene rings is 5. The minimum atomic E-state index is -0.732. The highest BCUT2D eigenvalue weighted by Crippen LogP contribution is 2.42. The van der Waals surface area contributed by atoms with Crippen LogP contribution >= 0.6 is 0 Å². The van der Waals surface area contributed by atoms with Gasteiger partial charge in [-0.3, -0.25) is 9.59 Å². The van der Waals surface area contributed by atoms with Crippen molar-refractivity contribution < 1.29 is 33.3 Å². The molecule has 2 atom stereocenters. The van der Waals surface area contributed by atoms with Crippen LogP contribution in [0.1, 0.15) is 40.3 Å². The van der Waals surface area contributed by atoms with Crippen LogP contribution in [-0.4, -0.2) is 17.7 Å². The molecule has 0 aromatic heterocycles. The Kier molecular flexibility index (Phi) is 10.1. The monoisotopic (exact) mass is 664 g/mol. The lowest BCUT2D eigenvalue weighted by atomic mass is 9.88. The molecule has 1 unspecified atom stereocenters. The van der Waals surface area contributed by atoms with Crippen LogP contribution in [0.4, 0.5) is 0 Å². The van der Waals surface area contributed by atoms with Gasteiger partial charge in [-0.25, -0.2) is 0 Å². The Bertz CT molecular complexity index is 1990. The second-order valence-electron chi connectivity index (χ2n) is 12.1. The fraction of sp³-hybridized carbons (Fsp3) is 0.163. The lowest BCUT2D eigenvalue weighted by Crippen LogP contribution is -2.36. The summed E-state index contributed by atoms with van der Waals surface area (Å²) in [7, 11) is 0. The molecule has 1 aliphatic heterocycles. The molecule has 0 radical (unpaired) electrons. The fourth-order valence-electron chi connectivity index (χ4n) is 5.91. The zero-order valence-corrected chi connectivity index (χ0v) is 27.4. The molecular formula is C43H36O7. The minimum Gasteiger partial charge on any atom is -0.485 e. The molecule has 0 saturated heterocycles. The molecule has 0 fully saturated rings. The first-order valence-electron chi connectivity index (χ1n) is 16.6. The van der Waals surface area contributed by atoms with Gasteiger partial charge in [-0.05, 0) is 39.9 Å². The molecule has 1 aliphatic carbocycles. The topological polar surface area (TPSA) is 80.3 Å². The third-order valence-electron chi connectivity index (χ3n) is 8.57. The van der Waals surface area contributed by atoms with Crippen molar-refractivity contribution in [3.8, 4) is 11.5 Å². The van der Waals surface area contributed by atoms with Crippen LogP contribution < -0.4 is 9.47 Å². The maximum atomic E-state index is 13.8. The average molecular weight is 665 g/mol. The SMILES string of the molecule is O=C1C=C(OCc2ccccc2)C(=O)C2=C1C[C@H](OCc1ccccc1)C(c1ccc(OCc3ccccc3)c(OCc3ccccc3)c1)O2. The lowest BCUT2D eigenvalue weighted by Gasteiger charge is -2.36. The Hall–Kier alpha value is -5.92. The number of ether oxygens (including phenoxy) is 5. The number of hydrogen-bond donors (Lipinski definition) is 0. The highest BCUT2D eigenvalue weighted by molar-refractivity contribution is 6.21. The van der Waals surface area contributed by atoms with Gasteiger partial charge in [0.1, 0.15) is 25.9 Å². The van der Waals surface area contributed by atoms with Gasteiger partial charge in [0.15, 0.2) is 34.9 Å². The van der Waals surface area contributed by atoms with Crippen LogP contribution in [0.15, 0.2) is 163 Å². The quantitative estimate of drug-likeness (QED) is 0.117. The number of carbonyl (C=O) groups excluding carboxylic acids is 2. The second kappa shape index (κ2) is 15.5. The van der Waals surface area contributed by atoms with Gasteiger partial charge < -0.3 is 23.7 Å². The van der Waals surface area contributed by atoms with E-state index in [9.17, 15) is 9.59 Å². The van der Waals surface area contributed by atoms with E-state index in [4.69, 9.17) is 23.7 Å². The van der Waals surface area contributed by atoms with E-state index < -0.39 is 18.0 Å². The van der Waals surface area contributed by atoms with Gasteiger partial charge >= 0.3 is 0 Å². The molecule has 0 bridgehead atoms. The molecule has 250 valence electrons. The molecule has 5 aromatic carbocycles. The summed E-state index contributed by atoms with van der Waals surface area (Å²) >= 11 is 0. The third kappa shape index (κ3) is 7.86. The summed E-state index contributed by atoms with van der Waals surface area (Å²) in [5.74, 6) is 0.231. The number of allylic oxidation sites excluding steroid dienone is 1. The summed E-state index contributed by atoms with van der Waals surface area (Å²) in [6.45, 7) is 1.12. The predicted molar refractivity (Wildman–Crippen MR) is 188 cm³/mol. The van der Waals surface area contributed by atoms with Crippen LogP contribution in [0.5, 0.6) is 11.5 Å². The summed E-state index contributed by atoms with van der Waals surface area (Å²) in [6.07, 6.45) is 0.136. The highest BCUT2D eigenvalue weighted by atomic mass is 16.6. The van der Waals surface area contributed by atoms with Crippen molar-refractivity contribution in [1.29, 1.82) is 0 Å². The van der Waals surface area contributed by atoms with Crippen LogP contribution in [0.3, 0.4) is 0 Å². The molecule has 1 heterocycles. The molecule has 0 spiro atoms. The largest absolute Gasteiger partial charge is 0.485 e. The van der Waals surface area contributed by atoms with Crippen LogP contribution in [-0.2, 0) is 50.2 Å². The Morgan fingerprint density at radius 3 is 1.62 bits per heavy atom. The summed E-state index contributed by atoms with van der Waals surface area (Å²) in [5.41, 5.74) is 4.87. The van der Waals surface area contributed by atoms with Crippen LogP contribution in [0, 0.1) is 0 Å². The number of hydrogen-bond acceptors (Lipinski definition) is 7. The molecule has 7 heteroatoms. The molecule has 0 amide bonds. The first-order chi connectivity index (χ1) is 24.6. The third-order valence-corrected chi connectivity index (χ3v) is 8.57. The van der Waals surface area contributed by atoms with Crippen LogP contribution in [0.25, 0.3) is 0 Å². The van der Waals surface area contributed by atoms with Crippen molar-refractivity contribution in [2.45, 2.75) is 45.1 Å². The zero-order valence-electron chi connectivity index (χ0n) is 27.4. The maximum absolute atomic E-state index is 13.8. The van der Waals surface area contributed by atoms with E-state index in [0.717, 1.165) is 22.3 Å². The molecule has 7 rings (SSSR count). The van der Waals surface area contributed by atoms with Gasteiger partial charge in [-0.1, -0.05) is 127 Å². The molecule has 2 aliphatic rings. The van der Waals surface area contributed by atoms with E-state index in [1.807, 2.05) is 140 Å². The molecule has 50 heavy (non-hydrogen) atoms.